The molecule has 0 spiro atoms. The first-order chi connectivity index (χ1) is 9.33. The molecule has 3 rings (SSSR count). The molecule has 1 aromatic heterocycles. The second-order valence-corrected chi connectivity index (χ2v) is 6.68. The van der Waals surface area contributed by atoms with Gasteiger partial charge >= 0.3 is 0 Å². The van der Waals surface area contributed by atoms with Crippen LogP contribution in [-0.2, 0) is 17.8 Å². The Labute approximate surface area is 119 Å². The summed E-state index contributed by atoms with van der Waals surface area (Å²) in [5.41, 5.74) is 1.23. The summed E-state index contributed by atoms with van der Waals surface area (Å²) in [5.74, 6) is 0.708. The Hall–Kier alpha value is -0.490. The number of thiazole rings is 1. The van der Waals surface area contributed by atoms with Crippen LogP contribution in [0.1, 0.15) is 30.0 Å². The molecule has 1 N–H and O–H groups in total. The molecular weight excluding hydrogens is 258 g/mol. The van der Waals surface area contributed by atoms with Gasteiger partial charge in [-0.2, -0.15) is 0 Å². The first-order valence-electron chi connectivity index (χ1n) is 7.21. The molecule has 19 heavy (non-hydrogen) atoms. The molecule has 1 aromatic rings. The van der Waals surface area contributed by atoms with E-state index in [0.717, 1.165) is 32.3 Å². The minimum absolute atomic E-state index is 0.708. The molecule has 1 aliphatic heterocycles. The van der Waals surface area contributed by atoms with Crippen LogP contribution in [-0.4, -0.2) is 42.7 Å². The highest BCUT2D eigenvalue weighted by Gasteiger charge is 2.23. The third kappa shape index (κ3) is 3.99. The lowest BCUT2D eigenvalue weighted by Gasteiger charge is -2.14. The number of hydrogen-bond donors (Lipinski definition) is 1. The van der Waals surface area contributed by atoms with Crippen LogP contribution in [0.15, 0.2) is 5.38 Å². The Morgan fingerprint density at radius 3 is 3.16 bits per heavy atom. The summed E-state index contributed by atoms with van der Waals surface area (Å²) in [6, 6.07) is 0.765. The van der Waals surface area contributed by atoms with E-state index in [-0.39, 0.29) is 0 Å². The second kappa shape index (κ2) is 6.31. The summed E-state index contributed by atoms with van der Waals surface area (Å²) in [6.45, 7) is 5.17. The van der Waals surface area contributed by atoms with Crippen molar-refractivity contribution in [2.45, 2.75) is 38.4 Å². The predicted octanol–water partition coefficient (Wildman–Crippen LogP) is 1.86. The van der Waals surface area contributed by atoms with Gasteiger partial charge in [0, 0.05) is 38.2 Å². The van der Waals surface area contributed by atoms with Crippen molar-refractivity contribution in [3.63, 3.8) is 0 Å². The van der Waals surface area contributed by atoms with Crippen LogP contribution in [0.5, 0.6) is 0 Å². The average Bonchev–Trinajstić information content (AvgIpc) is 2.97. The number of aromatic nitrogens is 1. The van der Waals surface area contributed by atoms with Crippen LogP contribution in [0.4, 0.5) is 0 Å². The van der Waals surface area contributed by atoms with Gasteiger partial charge in [0.05, 0.1) is 12.3 Å². The molecular formula is C14H23N3OS. The summed E-state index contributed by atoms with van der Waals surface area (Å²) < 4.78 is 5.24. The Kier molecular flexibility index (Phi) is 4.48. The quantitative estimate of drug-likeness (QED) is 0.828. The maximum Gasteiger partial charge on any atom is 0.107 e. The fraction of sp³-hybridized carbons (Fsp3) is 0.786. The van der Waals surface area contributed by atoms with Gasteiger partial charge in [0.1, 0.15) is 5.01 Å². The molecule has 1 atom stereocenters. The zero-order valence-corrected chi connectivity index (χ0v) is 12.4. The van der Waals surface area contributed by atoms with Gasteiger partial charge < -0.3 is 10.1 Å². The molecule has 0 amide bonds. The molecule has 2 fully saturated rings. The van der Waals surface area contributed by atoms with Gasteiger partial charge in [-0.1, -0.05) is 0 Å². The zero-order chi connectivity index (χ0) is 13.1. The molecule has 4 nitrogen and oxygen atoms in total. The van der Waals surface area contributed by atoms with Crippen molar-refractivity contribution in [2.75, 3.05) is 26.8 Å². The molecule has 1 saturated heterocycles. The summed E-state index contributed by atoms with van der Waals surface area (Å²) in [5, 5.41) is 6.97. The van der Waals surface area contributed by atoms with Gasteiger partial charge in [0.25, 0.3) is 0 Å². The zero-order valence-electron chi connectivity index (χ0n) is 11.6. The third-order valence-electron chi connectivity index (χ3n) is 3.88. The lowest BCUT2D eigenvalue weighted by atomic mass is 10.1. The van der Waals surface area contributed by atoms with E-state index >= 15 is 0 Å². The van der Waals surface area contributed by atoms with Gasteiger partial charge in [-0.15, -0.1) is 11.3 Å². The number of nitrogens with zero attached hydrogens (tertiary/aromatic N) is 2. The van der Waals surface area contributed by atoms with Crippen LogP contribution in [0, 0.1) is 5.92 Å². The first kappa shape index (κ1) is 13.5. The van der Waals surface area contributed by atoms with E-state index in [1.165, 1.54) is 36.5 Å². The molecule has 5 heteroatoms. The normalized spacial score (nSPS) is 24.2. The predicted molar refractivity (Wildman–Crippen MR) is 77.2 cm³/mol. The van der Waals surface area contributed by atoms with Gasteiger partial charge in [0.2, 0.25) is 0 Å². The highest BCUT2D eigenvalue weighted by molar-refractivity contribution is 7.09. The molecule has 0 aromatic carbocycles. The van der Waals surface area contributed by atoms with Gasteiger partial charge in [-0.05, 0) is 31.7 Å². The van der Waals surface area contributed by atoms with Gasteiger partial charge in [-0.25, -0.2) is 4.98 Å². The Morgan fingerprint density at radius 2 is 2.37 bits per heavy atom. The average molecular weight is 281 g/mol. The maximum absolute atomic E-state index is 5.24. The van der Waals surface area contributed by atoms with Crippen molar-refractivity contribution in [2.24, 2.45) is 5.92 Å². The highest BCUT2D eigenvalue weighted by Crippen LogP contribution is 2.21. The Morgan fingerprint density at radius 1 is 1.47 bits per heavy atom. The number of likely N-dealkylation sites (tertiary alicyclic amines) is 1. The maximum atomic E-state index is 5.24. The number of nitrogens with one attached hydrogen (secondary N) is 1. The topological polar surface area (TPSA) is 37.4 Å². The molecule has 106 valence electrons. The fourth-order valence-electron chi connectivity index (χ4n) is 2.68. The van der Waals surface area contributed by atoms with Crippen molar-refractivity contribution < 1.29 is 4.74 Å². The molecule has 2 heterocycles. The van der Waals surface area contributed by atoms with E-state index < -0.39 is 0 Å². The van der Waals surface area contributed by atoms with E-state index in [1.54, 1.807) is 18.4 Å². The minimum Gasteiger partial charge on any atom is -0.384 e. The van der Waals surface area contributed by atoms with Crippen molar-refractivity contribution in [3.05, 3.63) is 16.1 Å². The van der Waals surface area contributed by atoms with Crippen molar-refractivity contribution in [3.8, 4) is 0 Å². The summed E-state index contributed by atoms with van der Waals surface area (Å²) in [6.07, 6.45) is 3.94. The van der Waals surface area contributed by atoms with E-state index in [2.05, 4.69) is 15.6 Å². The monoisotopic (exact) mass is 281 g/mol. The minimum atomic E-state index is 0.708. The third-order valence-corrected chi connectivity index (χ3v) is 4.77. The summed E-state index contributed by atoms with van der Waals surface area (Å²) in [7, 11) is 1.79. The van der Waals surface area contributed by atoms with Crippen LogP contribution in [0.2, 0.25) is 0 Å². The number of methoxy groups -OCH3 is 1. The smallest absolute Gasteiger partial charge is 0.107 e. The van der Waals surface area contributed by atoms with E-state index in [9.17, 15) is 0 Å². The fourth-order valence-corrected chi connectivity index (χ4v) is 3.42. The van der Waals surface area contributed by atoms with E-state index in [1.807, 2.05) is 0 Å². The van der Waals surface area contributed by atoms with Crippen molar-refractivity contribution in [1.29, 1.82) is 0 Å². The van der Waals surface area contributed by atoms with Crippen LogP contribution < -0.4 is 5.32 Å². The SMILES string of the molecule is COCC1CCN(Cc2csc(CNC3CC3)n2)C1. The molecule has 1 aliphatic carbocycles. The van der Waals surface area contributed by atoms with Crippen LogP contribution >= 0.6 is 11.3 Å². The molecule has 0 bridgehead atoms. The summed E-state index contributed by atoms with van der Waals surface area (Å²) in [4.78, 5) is 7.22. The Balaban J connectivity index is 1.44. The molecule has 0 radical (unpaired) electrons. The lowest BCUT2D eigenvalue weighted by molar-refractivity contribution is 0.152. The lowest BCUT2D eigenvalue weighted by Crippen LogP contribution is -2.21. The molecule has 2 aliphatic rings. The molecule has 1 saturated carbocycles. The van der Waals surface area contributed by atoms with Crippen LogP contribution in [0.25, 0.3) is 0 Å². The van der Waals surface area contributed by atoms with Crippen molar-refractivity contribution >= 4 is 11.3 Å². The highest BCUT2D eigenvalue weighted by atomic mass is 32.1. The number of ether oxygens (including phenoxy) is 1. The van der Waals surface area contributed by atoms with E-state index in [0.29, 0.717) is 5.92 Å². The molecule has 1 unspecified atom stereocenters. The summed E-state index contributed by atoms with van der Waals surface area (Å²) >= 11 is 1.79. The van der Waals surface area contributed by atoms with Gasteiger partial charge in [-0.3, -0.25) is 4.90 Å². The number of rotatable bonds is 7. The van der Waals surface area contributed by atoms with Crippen LogP contribution in [0.3, 0.4) is 0 Å². The van der Waals surface area contributed by atoms with Gasteiger partial charge in [0.15, 0.2) is 0 Å². The second-order valence-electron chi connectivity index (χ2n) is 5.73. The largest absolute Gasteiger partial charge is 0.384 e. The standard InChI is InChI=1S/C14H23N3OS/c1-18-9-11-4-5-17(7-11)8-13-10-19-14(16-13)6-15-12-2-3-12/h10-12,15H,2-9H2,1H3. The number of hydrogen-bond acceptors (Lipinski definition) is 5. The first-order valence-corrected chi connectivity index (χ1v) is 8.09. The van der Waals surface area contributed by atoms with Crippen molar-refractivity contribution in [1.82, 2.24) is 15.2 Å². The van der Waals surface area contributed by atoms with E-state index in [4.69, 9.17) is 9.72 Å². The Bertz CT molecular complexity index is 405.